The molecule has 0 radical (unpaired) electrons. The van der Waals surface area contributed by atoms with Gasteiger partial charge in [-0.15, -0.1) is 0 Å². The molecule has 0 amide bonds. The molecule has 3 aliphatic rings. The lowest BCUT2D eigenvalue weighted by molar-refractivity contribution is -0.0578. The first-order valence-corrected chi connectivity index (χ1v) is 5.48. The van der Waals surface area contributed by atoms with Gasteiger partial charge in [0.05, 0.1) is 0 Å². The van der Waals surface area contributed by atoms with E-state index in [4.69, 9.17) is 5.11 Å². The van der Waals surface area contributed by atoms with Gasteiger partial charge in [-0.3, -0.25) is 0 Å². The van der Waals surface area contributed by atoms with Crippen LogP contribution in [0.1, 0.15) is 38.5 Å². The number of aliphatic hydroxyl groups is 1. The maximum absolute atomic E-state index is 9.15. The molecule has 0 aliphatic heterocycles. The maximum Gasteiger partial charge on any atom is 0.0462 e. The van der Waals surface area contributed by atoms with E-state index in [1.807, 2.05) is 0 Å². The fourth-order valence-corrected chi connectivity index (χ4v) is 4.54. The summed E-state index contributed by atoms with van der Waals surface area (Å²) in [7, 11) is 0. The fraction of sp³-hybridized carbons (Fsp3) is 1.00. The zero-order valence-electron chi connectivity index (χ0n) is 7.63. The van der Waals surface area contributed by atoms with E-state index < -0.39 is 0 Å². The highest BCUT2D eigenvalue weighted by atomic mass is 16.3. The van der Waals surface area contributed by atoms with Crippen LogP contribution in [0.2, 0.25) is 0 Å². The molecule has 3 aliphatic carbocycles. The van der Waals surface area contributed by atoms with Crippen molar-refractivity contribution in [1.82, 2.24) is 0 Å². The molecule has 0 aromatic rings. The largest absolute Gasteiger partial charge is 0.396 e. The second-order valence-electron chi connectivity index (χ2n) is 5.15. The summed E-state index contributed by atoms with van der Waals surface area (Å²) in [4.78, 5) is 0. The van der Waals surface area contributed by atoms with Crippen LogP contribution in [0.25, 0.3) is 0 Å². The third kappa shape index (κ3) is 0.654. The smallest absolute Gasteiger partial charge is 0.0462 e. The molecule has 3 rings (SSSR count). The van der Waals surface area contributed by atoms with E-state index in [2.05, 4.69) is 0 Å². The van der Waals surface area contributed by atoms with Gasteiger partial charge in [0, 0.05) is 6.61 Å². The first kappa shape index (κ1) is 7.37. The highest BCUT2D eigenvalue weighted by molar-refractivity contribution is 5.11. The van der Waals surface area contributed by atoms with Gasteiger partial charge in [0.2, 0.25) is 0 Å². The Bertz CT molecular complexity index is 201. The van der Waals surface area contributed by atoms with Crippen molar-refractivity contribution in [3.63, 3.8) is 0 Å². The fourth-order valence-electron chi connectivity index (χ4n) is 4.54. The van der Waals surface area contributed by atoms with Crippen molar-refractivity contribution in [2.24, 2.45) is 23.2 Å². The van der Waals surface area contributed by atoms with Crippen LogP contribution in [0.15, 0.2) is 0 Å². The zero-order chi connectivity index (χ0) is 8.18. The highest BCUT2D eigenvalue weighted by Crippen LogP contribution is 2.69. The summed E-state index contributed by atoms with van der Waals surface area (Å²) >= 11 is 0. The Hall–Kier alpha value is -0.0400. The summed E-state index contributed by atoms with van der Waals surface area (Å²) in [6.07, 6.45) is 8.71. The third-order valence-corrected chi connectivity index (χ3v) is 5.02. The Kier molecular flexibility index (Phi) is 1.39. The van der Waals surface area contributed by atoms with E-state index in [1.54, 1.807) is 0 Å². The molecular formula is C11H18O. The summed E-state index contributed by atoms with van der Waals surface area (Å²) in [6, 6.07) is 0. The van der Waals surface area contributed by atoms with Crippen molar-refractivity contribution >= 4 is 0 Å². The third-order valence-electron chi connectivity index (χ3n) is 5.02. The van der Waals surface area contributed by atoms with E-state index in [0.29, 0.717) is 12.5 Å². The first-order valence-electron chi connectivity index (χ1n) is 5.48. The lowest BCUT2D eigenvalue weighted by atomic mass is 9.53. The standard InChI is InChI=1S/C11H18O/c12-7-8-6-11-5-1-2-9(11)3-4-10(8)11/h8-10,12H,1-7H2/t8-,9-,10-,11+/m0/s1. The predicted octanol–water partition coefficient (Wildman–Crippen LogP) is 2.20. The van der Waals surface area contributed by atoms with Crippen LogP contribution in [0.5, 0.6) is 0 Å². The van der Waals surface area contributed by atoms with Crippen molar-refractivity contribution < 1.29 is 5.11 Å². The second-order valence-corrected chi connectivity index (χ2v) is 5.15. The van der Waals surface area contributed by atoms with Crippen molar-refractivity contribution in [3.8, 4) is 0 Å². The zero-order valence-corrected chi connectivity index (χ0v) is 7.63. The minimum Gasteiger partial charge on any atom is -0.396 e. The van der Waals surface area contributed by atoms with Gasteiger partial charge in [0.25, 0.3) is 0 Å². The van der Waals surface area contributed by atoms with Gasteiger partial charge in [-0.25, -0.2) is 0 Å². The average molecular weight is 166 g/mol. The van der Waals surface area contributed by atoms with Crippen molar-refractivity contribution in [2.75, 3.05) is 6.61 Å². The van der Waals surface area contributed by atoms with Gasteiger partial charge in [0.1, 0.15) is 0 Å². The van der Waals surface area contributed by atoms with E-state index in [0.717, 1.165) is 17.3 Å². The summed E-state index contributed by atoms with van der Waals surface area (Å²) < 4.78 is 0. The Balaban J connectivity index is 1.84. The Morgan fingerprint density at radius 2 is 2.17 bits per heavy atom. The number of hydrogen-bond donors (Lipinski definition) is 1. The molecule has 68 valence electrons. The van der Waals surface area contributed by atoms with Gasteiger partial charge < -0.3 is 5.11 Å². The van der Waals surface area contributed by atoms with Gasteiger partial charge >= 0.3 is 0 Å². The highest BCUT2D eigenvalue weighted by Gasteiger charge is 2.61. The normalized spacial score (nSPS) is 56.2. The van der Waals surface area contributed by atoms with Crippen LogP contribution < -0.4 is 0 Å². The summed E-state index contributed by atoms with van der Waals surface area (Å²) in [5.41, 5.74) is 0.757. The molecule has 0 aromatic carbocycles. The van der Waals surface area contributed by atoms with Crippen LogP contribution in [0.3, 0.4) is 0 Å². The Morgan fingerprint density at radius 3 is 3.00 bits per heavy atom. The minimum atomic E-state index is 0.457. The molecule has 1 heteroatoms. The summed E-state index contributed by atoms with van der Waals surface area (Å²) in [5, 5.41) is 9.15. The Labute approximate surface area is 74.2 Å². The van der Waals surface area contributed by atoms with E-state index >= 15 is 0 Å². The molecule has 0 aromatic heterocycles. The van der Waals surface area contributed by atoms with Crippen LogP contribution >= 0.6 is 0 Å². The average Bonchev–Trinajstić information content (AvgIpc) is 2.54. The van der Waals surface area contributed by atoms with Crippen LogP contribution in [-0.4, -0.2) is 11.7 Å². The lowest BCUT2D eigenvalue weighted by Gasteiger charge is -2.52. The lowest BCUT2D eigenvalue weighted by Crippen LogP contribution is -2.47. The van der Waals surface area contributed by atoms with E-state index in [1.165, 1.54) is 38.5 Å². The quantitative estimate of drug-likeness (QED) is 0.633. The maximum atomic E-state index is 9.15. The molecular weight excluding hydrogens is 148 g/mol. The molecule has 3 fully saturated rings. The van der Waals surface area contributed by atoms with Gasteiger partial charge in [-0.05, 0) is 55.3 Å². The van der Waals surface area contributed by atoms with E-state index in [-0.39, 0.29) is 0 Å². The molecule has 0 saturated heterocycles. The molecule has 0 bridgehead atoms. The molecule has 4 atom stereocenters. The monoisotopic (exact) mass is 166 g/mol. The molecule has 1 spiro atoms. The topological polar surface area (TPSA) is 20.2 Å². The summed E-state index contributed by atoms with van der Waals surface area (Å²) in [5.74, 6) is 2.67. The minimum absolute atomic E-state index is 0.457. The van der Waals surface area contributed by atoms with Crippen molar-refractivity contribution in [1.29, 1.82) is 0 Å². The SMILES string of the molecule is OC[C@@H]1C[C@]23CCC[C@H]2CC[C@@H]13. The van der Waals surface area contributed by atoms with Gasteiger partial charge in [-0.2, -0.15) is 0 Å². The number of hydrogen-bond acceptors (Lipinski definition) is 1. The first-order chi connectivity index (χ1) is 5.87. The van der Waals surface area contributed by atoms with Gasteiger partial charge in [-0.1, -0.05) is 6.42 Å². The number of aliphatic hydroxyl groups excluding tert-OH is 1. The van der Waals surface area contributed by atoms with Crippen LogP contribution in [-0.2, 0) is 0 Å². The molecule has 1 N–H and O–H groups in total. The molecule has 12 heavy (non-hydrogen) atoms. The molecule has 0 heterocycles. The Morgan fingerprint density at radius 1 is 1.25 bits per heavy atom. The predicted molar refractivity (Wildman–Crippen MR) is 47.7 cm³/mol. The summed E-state index contributed by atoms with van der Waals surface area (Å²) in [6.45, 7) is 0.457. The van der Waals surface area contributed by atoms with Crippen LogP contribution in [0, 0.1) is 23.2 Å². The molecule has 1 nitrogen and oxygen atoms in total. The van der Waals surface area contributed by atoms with Crippen molar-refractivity contribution in [2.45, 2.75) is 38.5 Å². The molecule has 3 saturated carbocycles. The molecule has 0 unspecified atom stereocenters. The van der Waals surface area contributed by atoms with Gasteiger partial charge in [0.15, 0.2) is 0 Å². The van der Waals surface area contributed by atoms with E-state index in [9.17, 15) is 0 Å². The van der Waals surface area contributed by atoms with Crippen molar-refractivity contribution in [3.05, 3.63) is 0 Å². The second kappa shape index (κ2) is 2.25. The number of rotatable bonds is 1. The van der Waals surface area contributed by atoms with Crippen LogP contribution in [0.4, 0.5) is 0 Å².